The van der Waals surface area contributed by atoms with Crippen molar-refractivity contribution in [3.8, 4) is 17.2 Å². The molecule has 0 bridgehead atoms. The van der Waals surface area contributed by atoms with Crippen molar-refractivity contribution in [3.05, 3.63) is 106 Å². The van der Waals surface area contributed by atoms with Crippen LogP contribution in [0.4, 0.5) is 5.69 Å². The van der Waals surface area contributed by atoms with Crippen LogP contribution in [-0.4, -0.2) is 43.7 Å². The second kappa shape index (κ2) is 12.8. The van der Waals surface area contributed by atoms with Crippen LogP contribution in [0.5, 0.6) is 17.2 Å². The summed E-state index contributed by atoms with van der Waals surface area (Å²) in [6, 6.07) is 25.8. The van der Waals surface area contributed by atoms with Gasteiger partial charge in [-0.15, -0.1) is 12.4 Å². The normalized spacial score (nSPS) is 14.8. The molecule has 7 nitrogen and oxygen atoms in total. The van der Waals surface area contributed by atoms with E-state index in [1.165, 1.54) is 39.6 Å². The Morgan fingerprint density at radius 2 is 1.67 bits per heavy atom. The Kier molecular flexibility index (Phi) is 9.28. The summed E-state index contributed by atoms with van der Waals surface area (Å²) in [5.41, 5.74) is 3.96. The number of nitro benzene ring substituents is 1. The third-order valence-corrected chi connectivity index (χ3v) is 7.31. The molecule has 1 aliphatic heterocycles. The summed E-state index contributed by atoms with van der Waals surface area (Å²) in [7, 11) is 3.36. The number of hydrogen-bond acceptors (Lipinski definition) is 6. The number of nitrogens with zero attached hydrogens (tertiary/aromatic N) is 2. The summed E-state index contributed by atoms with van der Waals surface area (Å²) in [5.74, 6) is 2.15. The molecule has 0 aromatic heterocycles. The molecule has 0 saturated heterocycles. The molecule has 0 aliphatic carbocycles. The molecule has 0 N–H and O–H groups in total. The Balaban J connectivity index is 0.00000353. The number of halogens is 1. The number of ether oxygens (including phenoxy) is 3. The number of benzene rings is 4. The summed E-state index contributed by atoms with van der Waals surface area (Å²) < 4.78 is 17.2. The van der Waals surface area contributed by atoms with Crippen LogP contribution < -0.4 is 14.2 Å². The van der Waals surface area contributed by atoms with E-state index in [0.717, 1.165) is 43.9 Å². The zero-order chi connectivity index (χ0) is 26.5. The number of nitro groups is 1. The summed E-state index contributed by atoms with van der Waals surface area (Å²) >= 11 is 0. The van der Waals surface area contributed by atoms with Gasteiger partial charge >= 0.3 is 0 Å². The highest BCUT2D eigenvalue weighted by molar-refractivity contribution is 5.86. The highest BCUT2D eigenvalue weighted by atomic mass is 35.5. The lowest BCUT2D eigenvalue weighted by Gasteiger charge is -2.38. The highest BCUT2D eigenvalue weighted by Gasteiger charge is 2.29. The fraction of sp³-hybridized carbons (Fsp3) is 0.290. The SMILES string of the molecule is COc1cc2c(cc1OC)C(Cc1cccc3ccccc13)N(CCCOc1ccc([N+](=O)[O-])cc1)CC2.Cl. The lowest BCUT2D eigenvalue weighted by atomic mass is 9.87. The zero-order valence-corrected chi connectivity index (χ0v) is 23.0. The maximum absolute atomic E-state index is 10.9. The van der Waals surface area contributed by atoms with Gasteiger partial charge in [0.15, 0.2) is 11.5 Å². The quantitative estimate of drug-likeness (QED) is 0.123. The fourth-order valence-electron chi connectivity index (χ4n) is 5.39. The van der Waals surface area contributed by atoms with Crippen molar-refractivity contribution in [3.63, 3.8) is 0 Å². The molecule has 8 heteroatoms. The van der Waals surface area contributed by atoms with E-state index in [1.54, 1.807) is 26.4 Å². The first-order valence-electron chi connectivity index (χ1n) is 12.9. The average molecular weight is 549 g/mol. The predicted octanol–water partition coefficient (Wildman–Crippen LogP) is 6.80. The Bertz CT molecular complexity index is 1420. The van der Waals surface area contributed by atoms with E-state index in [0.29, 0.717) is 12.4 Å². The molecule has 0 saturated carbocycles. The second-order valence-electron chi connectivity index (χ2n) is 9.50. The molecule has 0 amide bonds. The third kappa shape index (κ3) is 6.27. The monoisotopic (exact) mass is 548 g/mol. The van der Waals surface area contributed by atoms with Crippen LogP contribution in [0.25, 0.3) is 10.8 Å². The van der Waals surface area contributed by atoms with Crippen molar-refractivity contribution < 1.29 is 19.1 Å². The van der Waals surface area contributed by atoms with Crippen molar-refractivity contribution in [2.75, 3.05) is 33.9 Å². The van der Waals surface area contributed by atoms with Crippen LogP contribution in [0.1, 0.15) is 29.2 Å². The lowest BCUT2D eigenvalue weighted by Crippen LogP contribution is -2.38. The first-order chi connectivity index (χ1) is 18.6. The van der Waals surface area contributed by atoms with Crippen molar-refractivity contribution in [1.82, 2.24) is 4.90 Å². The van der Waals surface area contributed by atoms with Crippen LogP contribution in [0, 0.1) is 10.1 Å². The van der Waals surface area contributed by atoms with Gasteiger partial charge in [-0.1, -0.05) is 42.5 Å². The van der Waals surface area contributed by atoms with Crippen LogP contribution in [0.2, 0.25) is 0 Å². The molecule has 39 heavy (non-hydrogen) atoms. The molecule has 0 fully saturated rings. The first kappa shape index (κ1) is 28.2. The smallest absolute Gasteiger partial charge is 0.269 e. The van der Waals surface area contributed by atoms with Gasteiger partial charge in [-0.25, -0.2) is 0 Å². The minimum Gasteiger partial charge on any atom is -0.494 e. The topological polar surface area (TPSA) is 74.1 Å². The van der Waals surface area contributed by atoms with Gasteiger partial charge in [-0.2, -0.15) is 0 Å². The van der Waals surface area contributed by atoms with E-state index in [-0.39, 0.29) is 24.1 Å². The fourth-order valence-corrected chi connectivity index (χ4v) is 5.39. The summed E-state index contributed by atoms with van der Waals surface area (Å²) in [6.45, 7) is 2.35. The highest BCUT2D eigenvalue weighted by Crippen LogP contribution is 2.40. The van der Waals surface area contributed by atoms with Gasteiger partial charge in [0, 0.05) is 31.3 Å². The molecule has 5 rings (SSSR count). The molecule has 4 aromatic carbocycles. The van der Waals surface area contributed by atoms with Gasteiger partial charge in [0.2, 0.25) is 0 Å². The van der Waals surface area contributed by atoms with Crippen LogP contribution in [-0.2, 0) is 12.8 Å². The molecule has 1 heterocycles. The predicted molar refractivity (Wildman–Crippen MR) is 156 cm³/mol. The van der Waals surface area contributed by atoms with E-state index >= 15 is 0 Å². The number of non-ortho nitro benzene ring substituents is 1. The van der Waals surface area contributed by atoms with Gasteiger partial charge in [-0.05, 0) is 71.0 Å². The van der Waals surface area contributed by atoms with Crippen molar-refractivity contribution in [2.45, 2.75) is 25.3 Å². The molecule has 4 aromatic rings. The summed E-state index contributed by atoms with van der Waals surface area (Å²) in [6.07, 6.45) is 2.66. The Labute approximate surface area is 234 Å². The average Bonchev–Trinajstić information content (AvgIpc) is 2.95. The second-order valence-corrected chi connectivity index (χ2v) is 9.50. The Morgan fingerprint density at radius 3 is 2.41 bits per heavy atom. The van der Waals surface area contributed by atoms with E-state index in [4.69, 9.17) is 14.2 Å². The van der Waals surface area contributed by atoms with E-state index < -0.39 is 4.92 Å². The van der Waals surface area contributed by atoms with Gasteiger partial charge in [0.1, 0.15) is 5.75 Å². The van der Waals surface area contributed by atoms with E-state index in [1.807, 2.05) is 0 Å². The maximum Gasteiger partial charge on any atom is 0.269 e. The van der Waals surface area contributed by atoms with Gasteiger partial charge < -0.3 is 14.2 Å². The molecule has 0 radical (unpaired) electrons. The molecule has 0 spiro atoms. The minimum atomic E-state index is -0.404. The Hall–Kier alpha value is -3.81. The lowest BCUT2D eigenvalue weighted by molar-refractivity contribution is -0.384. The van der Waals surface area contributed by atoms with Crippen LogP contribution in [0.15, 0.2) is 78.9 Å². The molecular weight excluding hydrogens is 516 g/mol. The molecule has 1 aliphatic rings. The summed E-state index contributed by atoms with van der Waals surface area (Å²) in [4.78, 5) is 13.0. The summed E-state index contributed by atoms with van der Waals surface area (Å²) in [5, 5.41) is 13.4. The van der Waals surface area contributed by atoms with Crippen LogP contribution >= 0.6 is 12.4 Å². The van der Waals surface area contributed by atoms with Crippen molar-refractivity contribution in [1.29, 1.82) is 0 Å². The largest absolute Gasteiger partial charge is 0.494 e. The zero-order valence-electron chi connectivity index (χ0n) is 22.2. The number of rotatable bonds is 10. The molecule has 204 valence electrons. The van der Waals surface area contributed by atoms with Gasteiger partial charge in [0.05, 0.1) is 25.7 Å². The molecule has 1 unspecified atom stereocenters. The van der Waals surface area contributed by atoms with E-state index in [9.17, 15) is 10.1 Å². The molecular formula is C31H33ClN2O5. The van der Waals surface area contributed by atoms with Gasteiger partial charge in [0.25, 0.3) is 5.69 Å². The first-order valence-corrected chi connectivity index (χ1v) is 12.9. The number of hydrogen-bond donors (Lipinski definition) is 0. The van der Waals surface area contributed by atoms with Crippen molar-refractivity contribution >= 4 is 28.9 Å². The maximum atomic E-state index is 10.9. The number of fused-ring (bicyclic) bond motifs is 2. The molecule has 1 atom stereocenters. The third-order valence-electron chi connectivity index (χ3n) is 7.31. The number of methoxy groups -OCH3 is 2. The van der Waals surface area contributed by atoms with Crippen molar-refractivity contribution in [2.24, 2.45) is 0 Å². The van der Waals surface area contributed by atoms with E-state index in [2.05, 4.69) is 59.5 Å². The minimum absolute atomic E-state index is 0. The van der Waals surface area contributed by atoms with Crippen LogP contribution in [0.3, 0.4) is 0 Å². The standard InChI is InChI=1S/C31H32N2O5.ClH/c1-36-30-20-24-15-17-32(16-6-18-38-26-13-11-25(12-14-26)33(34)35)29(28(24)21-31(30)37-2)19-23-9-5-8-22-7-3-4-10-27(22)23;/h3-5,7-14,20-21,29H,6,15-19H2,1-2H3;1H. The Morgan fingerprint density at radius 1 is 0.949 bits per heavy atom. The van der Waals surface area contributed by atoms with Gasteiger partial charge in [-0.3, -0.25) is 15.0 Å².